The molecule has 0 radical (unpaired) electrons. The van der Waals surface area contributed by atoms with E-state index in [4.69, 9.17) is 32.7 Å². The summed E-state index contributed by atoms with van der Waals surface area (Å²) < 4.78 is 10.9. The molecule has 9 heteroatoms. The maximum atomic E-state index is 12.0. The number of hydrazine groups is 1. The van der Waals surface area contributed by atoms with E-state index in [0.29, 0.717) is 39.7 Å². The highest BCUT2D eigenvalue weighted by Crippen LogP contribution is 2.31. The van der Waals surface area contributed by atoms with Crippen LogP contribution in [0, 0.1) is 0 Å². The first kappa shape index (κ1) is 19.7. The number of fused-ring (bicyclic) bond motifs is 1. The largest absolute Gasteiger partial charge is 0.486 e. The number of ether oxygens (including phenoxy) is 2. The van der Waals surface area contributed by atoms with Gasteiger partial charge in [0.25, 0.3) is 0 Å². The zero-order chi connectivity index (χ0) is 19.2. The third-order valence-electron chi connectivity index (χ3n) is 3.56. The summed E-state index contributed by atoms with van der Waals surface area (Å²) in [5.74, 6) is 0.669. The summed E-state index contributed by atoms with van der Waals surface area (Å²) >= 11 is 13.2. The van der Waals surface area contributed by atoms with Crippen LogP contribution in [-0.2, 0) is 16.0 Å². The summed E-state index contributed by atoms with van der Waals surface area (Å²) in [4.78, 5) is 24.6. The molecule has 2 aromatic rings. The predicted octanol–water partition coefficient (Wildman–Crippen LogP) is 3.25. The van der Waals surface area contributed by atoms with Gasteiger partial charge in [0.1, 0.15) is 13.2 Å². The van der Waals surface area contributed by atoms with Crippen molar-refractivity contribution in [3.63, 3.8) is 0 Å². The van der Waals surface area contributed by atoms with Gasteiger partial charge in [-0.3, -0.25) is 20.4 Å². The topological polar surface area (TPSA) is 76.7 Å². The van der Waals surface area contributed by atoms with Crippen LogP contribution in [0.25, 0.3) is 0 Å². The molecule has 0 fully saturated rings. The van der Waals surface area contributed by atoms with E-state index in [9.17, 15) is 9.59 Å². The Morgan fingerprint density at radius 3 is 2.52 bits per heavy atom. The van der Waals surface area contributed by atoms with Crippen LogP contribution in [0.1, 0.15) is 5.56 Å². The number of hydrogen-bond donors (Lipinski definition) is 2. The molecule has 0 unspecified atom stereocenters. The number of hydrogen-bond acceptors (Lipinski definition) is 5. The summed E-state index contributed by atoms with van der Waals surface area (Å²) in [7, 11) is 0. The Balaban J connectivity index is 1.44. The van der Waals surface area contributed by atoms with Crippen molar-refractivity contribution in [1.82, 2.24) is 10.9 Å². The van der Waals surface area contributed by atoms with Crippen molar-refractivity contribution in [2.45, 2.75) is 11.3 Å². The van der Waals surface area contributed by atoms with Crippen LogP contribution in [-0.4, -0.2) is 30.8 Å². The maximum absolute atomic E-state index is 12.0. The number of thioether (sulfide) groups is 1. The molecule has 3 rings (SSSR count). The molecule has 1 aliphatic heterocycles. The average Bonchev–Trinajstić information content (AvgIpc) is 2.67. The molecule has 1 aliphatic rings. The molecule has 27 heavy (non-hydrogen) atoms. The Kier molecular flexibility index (Phi) is 6.71. The molecule has 0 bridgehead atoms. The zero-order valence-corrected chi connectivity index (χ0v) is 16.4. The first-order chi connectivity index (χ1) is 13.0. The van der Waals surface area contributed by atoms with E-state index in [-0.39, 0.29) is 24.0 Å². The van der Waals surface area contributed by atoms with Crippen molar-refractivity contribution in [1.29, 1.82) is 0 Å². The quantitative estimate of drug-likeness (QED) is 0.566. The number of carbonyl (C=O) groups excluding carboxylic acids is 2. The number of benzene rings is 2. The number of nitrogens with one attached hydrogen (secondary N) is 2. The maximum Gasteiger partial charge on any atom is 0.248 e. The van der Waals surface area contributed by atoms with E-state index in [1.807, 2.05) is 0 Å². The van der Waals surface area contributed by atoms with Gasteiger partial charge in [0.05, 0.1) is 17.2 Å². The van der Waals surface area contributed by atoms with Crippen LogP contribution in [0.2, 0.25) is 10.0 Å². The Labute approximate surface area is 170 Å². The van der Waals surface area contributed by atoms with Crippen molar-refractivity contribution in [2.75, 3.05) is 19.0 Å². The molecule has 0 spiro atoms. The predicted molar refractivity (Wildman–Crippen MR) is 105 cm³/mol. The number of rotatable bonds is 5. The third-order valence-corrected chi connectivity index (χ3v) is 5.30. The smallest absolute Gasteiger partial charge is 0.248 e. The van der Waals surface area contributed by atoms with Gasteiger partial charge in [-0.25, -0.2) is 0 Å². The Morgan fingerprint density at radius 2 is 1.70 bits per heavy atom. The molecule has 0 saturated carbocycles. The molecule has 0 atom stereocenters. The lowest BCUT2D eigenvalue weighted by molar-refractivity contribution is -0.127. The van der Waals surface area contributed by atoms with Crippen molar-refractivity contribution in [3.8, 4) is 11.5 Å². The van der Waals surface area contributed by atoms with Crippen molar-refractivity contribution >= 4 is 46.8 Å². The Morgan fingerprint density at radius 1 is 0.963 bits per heavy atom. The molecule has 0 aliphatic carbocycles. The van der Waals surface area contributed by atoms with Crippen LogP contribution in [0.4, 0.5) is 0 Å². The van der Waals surface area contributed by atoms with Crippen LogP contribution in [0.3, 0.4) is 0 Å². The van der Waals surface area contributed by atoms with Gasteiger partial charge in [-0.15, -0.1) is 11.8 Å². The molecule has 0 saturated heterocycles. The first-order valence-electron chi connectivity index (χ1n) is 8.05. The van der Waals surface area contributed by atoms with E-state index in [1.165, 1.54) is 11.8 Å². The monoisotopic (exact) mass is 426 g/mol. The second kappa shape index (κ2) is 9.21. The van der Waals surface area contributed by atoms with Gasteiger partial charge in [0, 0.05) is 9.92 Å². The average molecular weight is 427 g/mol. The minimum atomic E-state index is -0.355. The van der Waals surface area contributed by atoms with E-state index < -0.39 is 0 Å². The van der Waals surface area contributed by atoms with Crippen molar-refractivity contribution < 1.29 is 19.1 Å². The molecule has 2 amide bonds. The van der Waals surface area contributed by atoms with Gasteiger partial charge in [-0.2, -0.15) is 0 Å². The van der Waals surface area contributed by atoms with E-state index >= 15 is 0 Å². The van der Waals surface area contributed by atoms with Gasteiger partial charge in [-0.05, 0) is 35.9 Å². The van der Waals surface area contributed by atoms with Gasteiger partial charge in [0.15, 0.2) is 11.5 Å². The van der Waals surface area contributed by atoms with E-state index in [1.54, 1.807) is 36.4 Å². The van der Waals surface area contributed by atoms with E-state index in [0.717, 1.165) is 5.56 Å². The fraction of sp³-hybridized carbons (Fsp3) is 0.222. The Bertz CT molecular complexity index is 863. The summed E-state index contributed by atoms with van der Waals surface area (Å²) in [5, 5.41) is 1.05. The summed E-state index contributed by atoms with van der Waals surface area (Å²) in [5.41, 5.74) is 5.52. The van der Waals surface area contributed by atoms with Crippen LogP contribution < -0.4 is 20.3 Å². The highest BCUT2D eigenvalue weighted by Gasteiger charge is 2.14. The van der Waals surface area contributed by atoms with Crippen LogP contribution >= 0.6 is 35.0 Å². The van der Waals surface area contributed by atoms with Crippen molar-refractivity contribution in [3.05, 3.63) is 52.0 Å². The second-order valence-electron chi connectivity index (χ2n) is 5.61. The highest BCUT2D eigenvalue weighted by molar-refractivity contribution is 8.00. The lowest BCUT2D eigenvalue weighted by atomic mass is 10.1. The lowest BCUT2D eigenvalue weighted by Gasteiger charge is -2.18. The molecule has 0 aromatic heterocycles. The lowest BCUT2D eigenvalue weighted by Crippen LogP contribution is -2.43. The van der Waals surface area contributed by atoms with Gasteiger partial charge in [-0.1, -0.05) is 29.3 Å². The molecule has 2 N–H and O–H groups in total. The van der Waals surface area contributed by atoms with Crippen LogP contribution in [0.15, 0.2) is 41.3 Å². The normalized spacial score (nSPS) is 12.4. The Hall–Kier alpha value is -2.09. The summed E-state index contributed by atoms with van der Waals surface area (Å²) in [6.45, 7) is 0.990. The molecule has 1 heterocycles. The number of halogens is 2. The first-order valence-corrected chi connectivity index (χ1v) is 9.79. The fourth-order valence-electron chi connectivity index (χ4n) is 2.33. The van der Waals surface area contributed by atoms with Crippen molar-refractivity contribution in [2.24, 2.45) is 0 Å². The second-order valence-corrected chi connectivity index (χ2v) is 7.48. The molecular weight excluding hydrogens is 411 g/mol. The SMILES string of the molecule is O=C(CSc1cc(Cl)ccc1Cl)NNC(=O)Cc1ccc2c(c1)OCCO2. The molecule has 142 valence electrons. The zero-order valence-electron chi connectivity index (χ0n) is 14.1. The minimum Gasteiger partial charge on any atom is -0.486 e. The third kappa shape index (κ3) is 5.69. The molecular formula is C18H16Cl2N2O4S. The molecule has 6 nitrogen and oxygen atoms in total. The van der Waals surface area contributed by atoms with Gasteiger partial charge < -0.3 is 9.47 Å². The molecule has 2 aromatic carbocycles. The fourth-order valence-corrected chi connectivity index (χ4v) is 3.63. The minimum absolute atomic E-state index is 0.0877. The highest BCUT2D eigenvalue weighted by atomic mass is 35.5. The summed E-state index contributed by atoms with van der Waals surface area (Å²) in [6.07, 6.45) is 0.101. The van der Waals surface area contributed by atoms with Gasteiger partial charge >= 0.3 is 0 Å². The number of carbonyl (C=O) groups is 2. The standard InChI is InChI=1S/C18H16Cl2N2O4S/c19-12-2-3-13(20)16(9-12)27-10-18(24)22-21-17(23)8-11-1-4-14-15(7-11)26-6-5-25-14/h1-4,7,9H,5-6,8,10H2,(H,21,23)(H,22,24). The number of amides is 2. The van der Waals surface area contributed by atoms with E-state index in [2.05, 4.69) is 10.9 Å². The summed E-state index contributed by atoms with van der Waals surface area (Å²) in [6, 6.07) is 10.3. The van der Waals surface area contributed by atoms with Gasteiger partial charge in [0.2, 0.25) is 11.8 Å². The van der Waals surface area contributed by atoms with Crippen LogP contribution in [0.5, 0.6) is 11.5 Å².